The molecule has 150 valence electrons. The molecule has 1 saturated heterocycles. The molecule has 0 bridgehead atoms. The van der Waals surface area contributed by atoms with Crippen LogP contribution in [0.15, 0.2) is 53.1 Å². The van der Waals surface area contributed by atoms with Gasteiger partial charge in [-0.1, -0.05) is 35.5 Å². The van der Waals surface area contributed by atoms with Gasteiger partial charge < -0.3 is 14.2 Å². The van der Waals surface area contributed by atoms with Crippen LogP contribution < -0.4 is 4.74 Å². The molecule has 2 aromatic carbocycles. The van der Waals surface area contributed by atoms with Crippen molar-refractivity contribution in [2.45, 2.75) is 31.7 Å². The SMILES string of the molecule is COc1ccc(CCc2nc(C3CC(=O)N(Cc4ccccc4F)C3)no2)cc1. The van der Waals surface area contributed by atoms with Gasteiger partial charge >= 0.3 is 0 Å². The van der Waals surface area contributed by atoms with Crippen LogP contribution in [0.5, 0.6) is 5.75 Å². The maximum Gasteiger partial charge on any atom is 0.226 e. The summed E-state index contributed by atoms with van der Waals surface area (Å²) in [5, 5.41) is 4.07. The first-order valence-electron chi connectivity index (χ1n) is 9.59. The van der Waals surface area contributed by atoms with E-state index in [1.54, 1.807) is 30.2 Å². The Morgan fingerprint density at radius 1 is 1.17 bits per heavy atom. The molecule has 0 N–H and O–H groups in total. The molecule has 0 spiro atoms. The van der Waals surface area contributed by atoms with E-state index in [1.165, 1.54) is 6.07 Å². The quantitative estimate of drug-likeness (QED) is 0.612. The molecule has 0 radical (unpaired) electrons. The summed E-state index contributed by atoms with van der Waals surface area (Å²) in [6.45, 7) is 0.717. The molecule has 1 aliphatic rings. The fourth-order valence-corrected chi connectivity index (χ4v) is 3.51. The third kappa shape index (κ3) is 4.45. The summed E-state index contributed by atoms with van der Waals surface area (Å²) >= 11 is 0. The number of carbonyl (C=O) groups is 1. The summed E-state index contributed by atoms with van der Waals surface area (Å²) in [4.78, 5) is 18.5. The number of likely N-dealkylation sites (tertiary alicyclic amines) is 1. The minimum atomic E-state index is -0.302. The van der Waals surface area contributed by atoms with Gasteiger partial charge in [0.2, 0.25) is 11.8 Å². The predicted octanol–water partition coefficient (Wildman–Crippen LogP) is 3.52. The number of rotatable bonds is 7. The second-order valence-corrected chi connectivity index (χ2v) is 7.16. The van der Waals surface area contributed by atoms with Crippen LogP contribution in [0.1, 0.15) is 35.2 Å². The van der Waals surface area contributed by atoms with Crippen molar-refractivity contribution in [2.24, 2.45) is 0 Å². The third-order valence-electron chi connectivity index (χ3n) is 5.17. The van der Waals surface area contributed by atoms with Gasteiger partial charge in [-0.2, -0.15) is 4.98 Å². The van der Waals surface area contributed by atoms with E-state index in [0.29, 0.717) is 36.7 Å². The summed E-state index contributed by atoms with van der Waals surface area (Å²) < 4.78 is 24.4. The number of nitrogens with zero attached hydrogens (tertiary/aromatic N) is 3. The average molecular weight is 395 g/mol. The first kappa shape index (κ1) is 19.1. The Morgan fingerprint density at radius 3 is 2.72 bits per heavy atom. The molecule has 0 aliphatic carbocycles. The van der Waals surface area contributed by atoms with Crippen LogP contribution in [0, 0.1) is 5.82 Å². The number of hydrogen-bond acceptors (Lipinski definition) is 5. The highest BCUT2D eigenvalue weighted by Gasteiger charge is 2.34. The number of halogens is 1. The molecular weight excluding hydrogens is 373 g/mol. The highest BCUT2D eigenvalue weighted by molar-refractivity contribution is 5.79. The van der Waals surface area contributed by atoms with Gasteiger partial charge in [0.25, 0.3) is 0 Å². The van der Waals surface area contributed by atoms with Crippen LogP contribution in [0.25, 0.3) is 0 Å². The highest BCUT2D eigenvalue weighted by atomic mass is 19.1. The molecule has 1 amide bonds. The fourth-order valence-electron chi connectivity index (χ4n) is 3.51. The van der Waals surface area contributed by atoms with E-state index in [-0.39, 0.29) is 24.2 Å². The third-order valence-corrected chi connectivity index (χ3v) is 5.17. The lowest BCUT2D eigenvalue weighted by Crippen LogP contribution is -2.25. The van der Waals surface area contributed by atoms with Crippen LogP contribution >= 0.6 is 0 Å². The first-order chi connectivity index (χ1) is 14.1. The van der Waals surface area contributed by atoms with Crippen molar-refractivity contribution in [3.63, 3.8) is 0 Å². The van der Waals surface area contributed by atoms with Gasteiger partial charge in [-0.15, -0.1) is 0 Å². The van der Waals surface area contributed by atoms with Crippen LogP contribution in [0.2, 0.25) is 0 Å². The number of benzene rings is 2. The molecule has 1 unspecified atom stereocenters. The summed E-state index contributed by atoms with van der Waals surface area (Å²) in [6, 6.07) is 14.4. The monoisotopic (exact) mass is 395 g/mol. The number of aromatic nitrogens is 2. The lowest BCUT2D eigenvalue weighted by atomic mass is 10.1. The molecule has 1 atom stereocenters. The summed E-state index contributed by atoms with van der Waals surface area (Å²) in [5.74, 6) is 1.45. The molecular formula is C22H22FN3O3. The molecule has 1 aliphatic heterocycles. The van der Waals surface area contributed by atoms with Gasteiger partial charge in [0.1, 0.15) is 11.6 Å². The minimum absolute atomic E-state index is 0.0252. The molecule has 1 fully saturated rings. The van der Waals surface area contributed by atoms with Gasteiger partial charge in [-0.25, -0.2) is 4.39 Å². The number of amides is 1. The molecule has 2 heterocycles. The molecule has 7 heteroatoms. The van der Waals surface area contributed by atoms with Crippen molar-refractivity contribution in [1.82, 2.24) is 15.0 Å². The average Bonchev–Trinajstić information content (AvgIpc) is 3.35. The van der Waals surface area contributed by atoms with E-state index in [2.05, 4.69) is 10.1 Å². The second kappa shape index (κ2) is 8.43. The topological polar surface area (TPSA) is 68.5 Å². The zero-order valence-electron chi connectivity index (χ0n) is 16.2. The smallest absolute Gasteiger partial charge is 0.226 e. The number of ether oxygens (including phenoxy) is 1. The van der Waals surface area contributed by atoms with Crippen LogP contribution in [-0.2, 0) is 24.2 Å². The zero-order chi connectivity index (χ0) is 20.2. The van der Waals surface area contributed by atoms with Crippen molar-refractivity contribution in [1.29, 1.82) is 0 Å². The van der Waals surface area contributed by atoms with E-state index >= 15 is 0 Å². The predicted molar refractivity (Wildman–Crippen MR) is 104 cm³/mol. The Kier molecular flexibility index (Phi) is 5.55. The normalized spacial score (nSPS) is 16.4. The Bertz CT molecular complexity index is 987. The van der Waals surface area contributed by atoms with E-state index in [0.717, 1.165) is 17.7 Å². The lowest BCUT2D eigenvalue weighted by Gasteiger charge is -2.16. The van der Waals surface area contributed by atoms with Crippen LogP contribution in [-0.4, -0.2) is 34.6 Å². The summed E-state index contributed by atoms with van der Waals surface area (Å²) in [5.41, 5.74) is 1.66. The van der Waals surface area contributed by atoms with Gasteiger partial charge in [0, 0.05) is 37.4 Å². The van der Waals surface area contributed by atoms with Crippen molar-refractivity contribution < 1.29 is 18.4 Å². The van der Waals surface area contributed by atoms with E-state index < -0.39 is 0 Å². The van der Waals surface area contributed by atoms with Crippen LogP contribution in [0.3, 0.4) is 0 Å². The summed E-state index contributed by atoms with van der Waals surface area (Å²) in [6.07, 6.45) is 1.71. The molecule has 1 aromatic heterocycles. The number of aryl methyl sites for hydroxylation is 2. The van der Waals surface area contributed by atoms with E-state index in [4.69, 9.17) is 9.26 Å². The second-order valence-electron chi connectivity index (χ2n) is 7.16. The Labute approximate surface area is 168 Å². The van der Waals surface area contributed by atoms with Gasteiger partial charge in [-0.05, 0) is 30.2 Å². The zero-order valence-corrected chi connectivity index (χ0v) is 16.2. The standard InChI is InChI=1S/C22H22FN3O3/c1-28-18-9-6-15(7-10-18)8-11-20-24-22(25-29-20)17-12-21(27)26(14-17)13-16-4-2-3-5-19(16)23/h2-7,9-10,17H,8,11-14H2,1H3. The number of methoxy groups -OCH3 is 1. The first-order valence-corrected chi connectivity index (χ1v) is 9.59. The van der Waals surface area contributed by atoms with E-state index in [1.807, 2.05) is 24.3 Å². The Hall–Kier alpha value is -3.22. The molecule has 29 heavy (non-hydrogen) atoms. The molecule has 6 nitrogen and oxygen atoms in total. The maximum absolute atomic E-state index is 13.9. The Morgan fingerprint density at radius 2 is 1.97 bits per heavy atom. The number of carbonyl (C=O) groups excluding carboxylic acids is 1. The van der Waals surface area contributed by atoms with E-state index in [9.17, 15) is 9.18 Å². The van der Waals surface area contributed by atoms with Gasteiger partial charge in [0.15, 0.2) is 5.82 Å². The van der Waals surface area contributed by atoms with Gasteiger partial charge in [-0.3, -0.25) is 4.79 Å². The van der Waals surface area contributed by atoms with Crippen LogP contribution in [0.4, 0.5) is 4.39 Å². The number of hydrogen-bond donors (Lipinski definition) is 0. The van der Waals surface area contributed by atoms with Crippen molar-refractivity contribution in [3.8, 4) is 5.75 Å². The largest absolute Gasteiger partial charge is 0.497 e. The van der Waals surface area contributed by atoms with Crippen molar-refractivity contribution >= 4 is 5.91 Å². The minimum Gasteiger partial charge on any atom is -0.497 e. The van der Waals surface area contributed by atoms with Crippen molar-refractivity contribution in [3.05, 3.63) is 77.2 Å². The van der Waals surface area contributed by atoms with Gasteiger partial charge in [0.05, 0.1) is 7.11 Å². The molecule has 4 rings (SSSR count). The molecule has 3 aromatic rings. The Balaban J connectivity index is 1.35. The fraction of sp³-hybridized carbons (Fsp3) is 0.318. The van der Waals surface area contributed by atoms with Crippen molar-refractivity contribution in [2.75, 3.05) is 13.7 Å². The summed E-state index contributed by atoms with van der Waals surface area (Å²) in [7, 11) is 1.64. The highest BCUT2D eigenvalue weighted by Crippen LogP contribution is 2.28. The molecule has 0 saturated carbocycles. The lowest BCUT2D eigenvalue weighted by molar-refractivity contribution is -0.128. The maximum atomic E-state index is 13.9.